The van der Waals surface area contributed by atoms with Crippen molar-refractivity contribution in [1.29, 1.82) is 0 Å². The van der Waals surface area contributed by atoms with Crippen molar-refractivity contribution in [2.45, 2.75) is 13.2 Å². The number of halogens is 2. The number of phenolic OH excluding ortho intramolecular Hbond substituents is 1. The Kier molecular flexibility index (Phi) is 6.69. The molecular weight excluding hydrogens is 422 g/mol. The summed E-state index contributed by atoms with van der Waals surface area (Å²) in [4.78, 5) is 17.2. The summed E-state index contributed by atoms with van der Waals surface area (Å²) in [7, 11) is 0. The van der Waals surface area contributed by atoms with Crippen molar-refractivity contribution in [2.24, 2.45) is 0 Å². The zero-order valence-electron chi connectivity index (χ0n) is 17.3. The number of aliphatic hydroxyl groups excluding tert-OH is 1. The summed E-state index contributed by atoms with van der Waals surface area (Å²) < 4.78 is 35.8. The molecule has 0 aromatic heterocycles. The van der Waals surface area contributed by atoms with Crippen molar-refractivity contribution < 1.29 is 33.3 Å². The van der Waals surface area contributed by atoms with Crippen molar-refractivity contribution >= 4 is 11.9 Å². The van der Waals surface area contributed by atoms with Gasteiger partial charge in [-0.1, -0.05) is 18.2 Å². The van der Waals surface area contributed by atoms with Gasteiger partial charge in [0.25, 0.3) is 0 Å². The highest BCUT2D eigenvalue weighted by molar-refractivity contribution is 6.15. The summed E-state index contributed by atoms with van der Waals surface area (Å²) in [5.41, 5.74) is 1.11. The second kappa shape index (κ2) is 9.64. The fourth-order valence-corrected chi connectivity index (χ4v) is 3.93. The van der Waals surface area contributed by atoms with Gasteiger partial charge in [-0.05, 0) is 24.3 Å². The fraction of sp³-hybridized carbons (Fsp3) is 0.348. The molecule has 4 rings (SSSR count). The molecule has 2 aliphatic rings. The molecule has 0 spiro atoms. The van der Waals surface area contributed by atoms with Gasteiger partial charge in [-0.2, -0.15) is 8.78 Å². The Morgan fingerprint density at radius 2 is 1.81 bits per heavy atom. The maximum absolute atomic E-state index is 12.9. The number of carbonyl (C=O) groups excluding carboxylic acids is 1. The van der Waals surface area contributed by atoms with Gasteiger partial charge in [0.2, 0.25) is 5.78 Å². The largest absolute Gasteiger partial charge is 0.507 e. The number of fused-ring (bicyclic) bond motifs is 1. The summed E-state index contributed by atoms with van der Waals surface area (Å²) in [5, 5.41) is 19.6. The van der Waals surface area contributed by atoms with E-state index < -0.39 is 6.61 Å². The molecule has 0 amide bonds. The Morgan fingerprint density at radius 3 is 2.53 bits per heavy atom. The number of hydrogen-bond acceptors (Lipinski definition) is 7. The van der Waals surface area contributed by atoms with Crippen LogP contribution >= 0.6 is 0 Å². The van der Waals surface area contributed by atoms with E-state index >= 15 is 0 Å². The van der Waals surface area contributed by atoms with E-state index in [0.29, 0.717) is 24.2 Å². The molecule has 2 heterocycles. The molecule has 0 atom stereocenters. The average molecular weight is 446 g/mol. The number of β-amino-alcohol motifs (C(OH)–C–C–N with tert-alkyl or cyclic N) is 1. The first-order valence-electron chi connectivity index (χ1n) is 10.3. The lowest BCUT2D eigenvalue weighted by atomic mass is 10.0. The summed E-state index contributed by atoms with van der Waals surface area (Å²) in [6.45, 7) is 1.23. The van der Waals surface area contributed by atoms with Crippen LogP contribution in [0.1, 0.15) is 21.5 Å². The van der Waals surface area contributed by atoms with Gasteiger partial charge in [-0.3, -0.25) is 14.6 Å². The minimum absolute atomic E-state index is 0.0232. The maximum Gasteiger partial charge on any atom is 0.387 e. The SMILES string of the molecule is O=C1/C(=C/c2ccccc2OC(F)F)Oc2c1ccc(O)c2CN1CCN(CCO)CC1. The predicted octanol–water partition coefficient (Wildman–Crippen LogP) is 2.72. The molecule has 0 saturated carbocycles. The van der Waals surface area contributed by atoms with Crippen LogP contribution in [0.5, 0.6) is 17.2 Å². The standard InChI is InChI=1S/C23H24F2N2O5/c24-23(25)32-19-4-2-1-3-15(19)13-20-21(30)16-5-6-18(29)17(22(16)31-20)14-27-9-7-26(8-10-27)11-12-28/h1-6,13,23,28-29H,7-12,14H2/b20-13-. The molecule has 32 heavy (non-hydrogen) atoms. The molecule has 1 fully saturated rings. The number of alkyl halides is 2. The molecule has 2 N–H and O–H groups in total. The van der Waals surface area contributed by atoms with Crippen LogP contribution in [0, 0.1) is 0 Å². The smallest absolute Gasteiger partial charge is 0.387 e. The van der Waals surface area contributed by atoms with Crippen molar-refractivity contribution in [3.8, 4) is 17.2 Å². The summed E-state index contributed by atoms with van der Waals surface area (Å²) in [6, 6.07) is 9.10. The highest BCUT2D eigenvalue weighted by Gasteiger charge is 2.32. The van der Waals surface area contributed by atoms with E-state index in [-0.39, 0.29) is 41.0 Å². The number of benzene rings is 2. The van der Waals surface area contributed by atoms with Crippen molar-refractivity contribution in [2.75, 3.05) is 39.3 Å². The molecule has 2 aromatic carbocycles. The number of nitrogens with zero attached hydrogens (tertiary/aromatic N) is 2. The molecule has 0 bridgehead atoms. The number of phenols is 1. The predicted molar refractivity (Wildman–Crippen MR) is 113 cm³/mol. The van der Waals surface area contributed by atoms with Crippen LogP contribution in [-0.4, -0.2) is 71.7 Å². The number of carbonyl (C=O) groups is 1. The van der Waals surface area contributed by atoms with Gasteiger partial charge in [0.1, 0.15) is 17.2 Å². The number of Topliss-reactive ketones (excluding diaryl/α,β-unsaturated/α-hetero) is 1. The van der Waals surface area contributed by atoms with Gasteiger partial charge in [0.05, 0.1) is 17.7 Å². The third-order valence-corrected chi connectivity index (χ3v) is 5.60. The first-order valence-corrected chi connectivity index (χ1v) is 10.3. The van der Waals surface area contributed by atoms with E-state index in [1.807, 2.05) is 0 Å². The lowest BCUT2D eigenvalue weighted by molar-refractivity contribution is -0.0499. The summed E-state index contributed by atoms with van der Waals surface area (Å²) >= 11 is 0. The molecule has 2 aliphatic heterocycles. The molecule has 0 radical (unpaired) electrons. The van der Waals surface area contributed by atoms with Crippen LogP contribution in [0.3, 0.4) is 0 Å². The van der Waals surface area contributed by atoms with E-state index in [1.54, 1.807) is 18.2 Å². The topological polar surface area (TPSA) is 82.5 Å². The highest BCUT2D eigenvalue weighted by atomic mass is 19.3. The Balaban J connectivity index is 1.56. The van der Waals surface area contributed by atoms with Gasteiger partial charge < -0.3 is 19.7 Å². The number of ether oxygens (including phenoxy) is 2. The zero-order valence-corrected chi connectivity index (χ0v) is 17.3. The van der Waals surface area contributed by atoms with Gasteiger partial charge in [0.15, 0.2) is 5.76 Å². The van der Waals surface area contributed by atoms with E-state index in [9.17, 15) is 18.7 Å². The number of para-hydroxylation sites is 1. The van der Waals surface area contributed by atoms with Crippen molar-refractivity contribution in [3.63, 3.8) is 0 Å². The Bertz CT molecular complexity index is 1020. The van der Waals surface area contributed by atoms with E-state index in [2.05, 4.69) is 14.5 Å². The Hall–Kier alpha value is -3.01. The van der Waals surface area contributed by atoms with Crippen molar-refractivity contribution in [3.05, 3.63) is 58.8 Å². The second-order valence-corrected chi connectivity index (χ2v) is 7.64. The van der Waals surface area contributed by atoms with Crippen molar-refractivity contribution in [1.82, 2.24) is 9.80 Å². The molecule has 1 saturated heterocycles. The zero-order chi connectivity index (χ0) is 22.7. The normalized spacial score (nSPS) is 18.2. The maximum atomic E-state index is 12.9. The first kappa shape index (κ1) is 22.2. The van der Waals surface area contributed by atoms with Crippen LogP contribution in [0.4, 0.5) is 8.78 Å². The fourth-order valence-electron chi connectivity index (χ4n) is 3.93. The third-order valence-electron chi connectivity index (χ3n) is 5.60. The van der Waals surface area contributed by atoms with E-state index in [1.165, 1.54) is 24.3 Å². The summed E-state index contributed by atoms with van der Waals surface area (Å²) in [6.07, 6.45) is 1.37. The van der Waals surface area contributed by atoms with E-state index in [4.69, 9.17) is 9.84 Å². The number of hydrogen-bond donors (Lipinski definition) is 2. The molecular formula is C23H24F2N2O5. The van der Waals surface area contributed by atoms with E-state index in [0.717, 1.165) is 26.2 Å². The third kappa shape index (κ3) is 4.74. The molecule has 0 aliphatic carbocycles. The summed E-state index contributed by atoms with van der Waals surface area (Å²) in [5.74, 6) is -0.166. The number of aromatic hydroxyl groups is 1. The van der Waals surface area contributed by atoms with Gasteiger partial charge >= 0.3 is 6.61 Å². The van der Waals surface area contributed by atoms with Gasteiger partial charge in [-0.15, -0.1) is 0 Å². The van der Waals surface area contributed by atoms with Crippen LogP contribution in [0.15, 0.2) is 42.2 Å². The van der Waals surface area contributed by atoms with Gasteiger partial charge in [-0.25, -0.2) is 0 Å². The monoisotopic (exact) mass is 446 g/mol. The second-order valence-electron chi connectivity index (χ2n) is 7.64. The minimum Gasteiger partial charge on any atom is -0.507 e. The van der Waals surface area contributed by atoms with Crippen LogP contribution in [0.25, 0.3) is 6.08 Å². The van der Waals surface area contributed by atoms with Crippen LogP contribution < -0.4 is 9.47 Å². The van der Waals surface area contributed by atoms with Crippen LogP contribution in [-0.2, 0) is 6.54 Å². The van der Waals surface area contributed by atoms with Gasteiger partial charge in [0, 0.05) is 44.8 Å². The Labute approximate surface area is 184 Å². The first-order chi connectivity index (χ1) is 15.5. The Morgan fingerprint density at radius 1 is 1.09 bits per heavy atom. The molecule has 2 aromatic rings. The molecule has 0 unspecified atom stereocenters. The quantitative estimate of drug-likeness (QED) is 0.633. The lowest BCUT2D eigenvalue weighted by Crippen LogP contribution is -2.46. The lowest BCUT2D eigenvalue weighted by Gasteiger charge is -2.34. The minimum atomic E-state index is -2.99. The number of aliphatic hydroxyl groups is 1. The van der Waals surface area contributed by atoms with Crippen LogP contribution in [0.2, 0.25) is 0 Å². The highest BCUT2D eigenvalue weighted by Crippen LogP contribution is 2.40. The molecule has 170 valence electrons. The molecule has 9 heteroatoms. The number of allylic oxidation sites excluding steroid dienone is 1. The number of rotatable bonds is 7. The number of piperazine rings is 1. The molecule has 7 nitrogen and oxygen atoms in total. The average Bonchev–Trinajstić information content (AvgIpc) is 3.08. The number of ketones is 1.